The van der Waals surface area contributed by atoms with Gasteiger partial charge >= 0.3 is 0 Å². The Kier molecular flexibility index (Phi) is 4.76. The number of aryl methyl sites for hydroxylation is 1. The summed E-state index contributed by atoms with van der Waals surface area (Å²) in [5.41, 5.74) is 1.59. The maximum atomic E-state index is 12.9. The zero-order chi connectivity index (χ0) is 17.3. The number of halogens is 1. The number of nitrogens with zero attached hydrogens (tertiary/aromatic N) is 2. The highest BCUT2D eigenvalue weighted by atomic mass is 35.5. The molecule has 4 nitrogen and oxygen atoms in total. The number of aromatic nitrogens is 1. The minimum absolute atomic E-state index is 0.0207. The van der Waals surface area contributed by atoms with Gasteiger partial charge in [-0.15, -0.1) is 0 Å². The molecule has 0 N–H and O–H groups in total. The lowest BCUT2D eigenvalue weighted by atomic mass is 10.1. The van der Waals surface area contributed by atoms with Crippen molar-refractivity contribution < 1.29 is 4.79 Å². The third-order valence-corrected chi connectivity index (χ3v) is 4.77. The van der Waals surface area contributed by atoms with Crippen LogP contribution in [0.5, 0.6) is 0 Å². The van der Waals surface area contributed by atoms with Crippen LogP contribution >= 0.6 is 11.6 Å². The fourth-order valence-electron chi connectivity index (χ4n) is 3.00. The van der Waals surface area contributed by atoms with Crippen LogP contribution in [0.4, 0.5) is 0 Å². The second-order valence-electron chi connectivity index (χ2n) is 6.38. The molecule has 1 aromatic carbocycles. The summed E-state index contributed by atoms with van der Waals surface area (Å²) in [5.74, 6) is -0.0207. The third-order valence-electron chi connectivity index (χ3n) is 4.51. The monoisotopic (exact) mass is 344 g/mol. The molecule has 5 heteroatoms. The highest BCUT2D eigenvalue weighted by molar-refractivity contribution is 6.30. The molecule has 1 atom stereocenters. The highest BCUT2D eigenvalue weighted by Crippen LogP contribution is 2.34. The van der Waals surface area contributed by atoms with E-state index >= 15 is 0 Å². The minimum atomic E-state index is -0.110. The highest BCUT2D eigenvalue weighted by Gasteiger charge is 2.36. The van der Waals surface area contributed by atoms with Gasteiger partial charge in [-0.2, -0.15) is 0 Å². The third kappa shape index (κ3) is 3.54. The Labute approximate surface area is 146 Å². The Bertz CT molecular complexity index is 794. The molecule has 0 unspecified atom stereocenters. The molecular weight excluding hydrogens is 324 g/mol. The first kappa shape index (κ1) is 16.8. The van der Waals surface area contributed by atoms with E-state index in [0.717, 1.165) is 18.4 Å². The molecule has 0 spiro atoms. The second kappa shape index (κ2) is 6.81. The summed E-state index contributed by atoms with van der Waals surface area (Å²) in [4.78, 5) is 27.0. The van der Waals surface area contributed by atoms with Gasteiger partial charge in [0.25, 0.3) is 5.56 Å². The maximum absolute atomic E-state index is 12.9. The molecule has 0 bridgehead atoms. The number of carbonyl (C=O) groups is 1. The summed E-state index contributed by atoms with van der Waals surface area (Å²) in [7, 11) is 0. The Hall–Kier alpha value is -2.07. The van der Waals surface area contributed by atoms with Crippen molar-refractivity contribution in [1.82, 2.24) is 9.47 Å². The van der Waals surface area contributed by atoms with Gasteiger partial charge in [0.05, 0.1) is 6.04 Å². The van der Waals surface area contributed by atoms with Gasteiger partial charge in [0.1, 0.15) is 6.54 Å². The molecular formula is C19H21ClN2O2. The molecule has 1 fully saturated rings. The van der Waals surface area contributed by atoms with Crippen molar-refractivity contribution in [3.63, 3.8) is 0 Å². The largest absolute Gasteiger partial charge is 0.331 e. The zero-order valence-corrected chi connectivity index (χ0v) is 14.7. The van der Waals surface area contributed by atoms with E-state index in [1.54, 1.807) is 25.3 Å². The molecule has 0 radical (unpaired) electrons. The van der Waals surface area contributed by atoms with E-state index in [0.29, 0.717) is 10.6 Å². The lowest BCUT2D eigenvalue weighted by Gasteiger charge is -2.30. The SMILES string of the molecule is Cc1cccn(CC(=O)N(C2CC2)[C@@H](C)c2ccc(Cl)cc2)c1=O. The summed E-state index contributed by atoms with van der Waals surface area (Å²) < 4.78 is 1.49. The van der Waals surface area contributed by atoms with Gasteiger partial charge < -0.3 is 9.47 Å². The number of hydrogen-bond acceptors (Lipinski definition) is 2. The van der Waals surface area contributed by atoms with Crippen molar-refractivity contribution in [2.24, 2.45) is 0 Å². The Morgan fingerprint density at radius 2 is 1.96 bits per heavy atom. The van der Waals surface area contributed by atoms with Crippen molar-refractivity contribution in [3.8, 4) is 0 Å². The standard InChI is InChI=1S/C19H21ClN2O2/c1-13-4-3-11-21(19(13)24)12-18(23)22(17-9-10-17)14(2)15-5-7-16(20)8-6-15/h3-8,11,14,17H,9-10,12H2,1-2H3/t14-/m0/s1. The van der Waals surface area contributed by atoms with Crippen molar-refractivity contribution in [2.75, 3.05) is 0 Å². The zero-order valence-electron chi connectivity index (χ0n) is 13.9. The molecule has 1 saturated carbocycles. The number of benzene rings is 1. The van der Waals surface area contributed by atoms with E-state index < -0.39 is 0 Å². The van der Waals surface area contributed by atoms with E-state index in [1.807, 2.05) is 36.1 Å². The first-order chi connectivity index (χ1) is 11.5. The number of carbonyl (C=O) groups excluding carboxylic acids is 1. The number of hydrogen-bond donors (Lipinski definition) is 0. The fourth-order valence-corrected chi connectivity index (χ4v) is 3.13. The summed E-state index contributed by atoms with van der Waals surface area (Å²) in [6, 6.07) is 11.4. The summed E-state index contributed by atoms with van der Waals surface area (Å²) in [6.07, 6.45) is 3.71. The molecule has 0 saturated heterocycles. The minimum Gasteiger partial charge on any atom is -0.331 e. The lowest BCUT2D eigenvalue weighted by Crippen LogP contribution is -2.39. The van der Waals surface area contributed by atoms with Crippen LogP contribution in [-0.4, -0.2) is 21.4 Å². The van der Waals surface area contributed by atoms with Gasteiger partial charge in [0.2, 0.25) is 5.91 Å². The van der Waals surface area contributed by atoms with Crippen molar-refractivity contribution in [2.45, 2.75) is 45.3 Å². The smallest absolute Gasteiger partial charge is 0.253 e. The van der Waals surface area contributed by atoms with Crippen LogP contribution in [0, 0.1) is 6.92 Å². The first-order valence-electron chi connectivity index (χ1n) is 8.20. The van der Waals surface area contributed by atoms with Crippen LogP contribution in [0.15, 0.2) is 47.4 Å². The Balaban J connectivity index is 1.82. The average molecular weight is 345 g/mol. The molecule has 126 valence electrons. The molecule has 3 rings (SSSR count). The van der Waals surface area contributed by atoms with Crippen LogP contribution in [-0.2, 0) is 11.3 Å². The predicted octanol–water partition coefficient (Wildman–Crippen LogP) is 3.56. The van der Waals surface area contributed by atoms with Crippen LogP contribution in [0.2, 0.25) is 5.02 Å². The molecule has 2 aromatic rings. The average Bonchev–Trinajstić information content (AvgIpc) is 3.37. The molecule has 1 heterocycles. The van der Waals surface area contributed by atoms with Gasteiger partial charge in [-0.3, -0.25) is 9.59 Å². The Morgan fingerprint density at radius 3 is 2.58 bits per heavy atom. The van der Waals surface area contributed by atoms with E-state index in [2.05, 4.69) is 0 Å². The quantitative estimate of drug-likeness (QED) is 0.832. The molecule has 0 aliphatic heterocycles. The molecule has 1 amide bonds. The number of rotatable bonds is 5. The van der Waals surface area contributed by atoms with Gasteiger partial charge in [-0.25, -0.2) is 0 Å². The molecule has 1 aromatic heterocycles. The fraction of sp³-hybridized carbons (Fsp3) is 0.368. The topological polar surface area (TPSA) is 42.3 Å². The van der Waals surface area contributed by atoms with Crippen molar-refractivity contribution in [3.05, 3.63) is 69.1 Å². The summed E-state index contributed by atoms with van der Waals surface area (Å²) in [6.45, 7) is 3.87. The normalized spacial score (nSPS) is 15.1. The van der Waals surface area contributed by atoms with E-state index in [4.69, 9.17) is 11.6 Å². The molecule has 1 aliphatic carbocycles. The van der Waals surface area contributed by atoms with Gasteiger partial charge in [-0.1, -0.05) is 29.8 Å². The van der Waals surface area contributed by atoms with E-state index in [9.17, 15) is 9.59 Å². The Morgan fingerprint density at radius 1 is 1.29 bits per heavy atom. The number of pyridine rings is 1. The van der Waals surface area contributed by atoms with Crippen LogP contribution < -0.4 is 5.56 Å². The predicted molar refractivity (Wildman–Crippen MR) is 95.2 cm³/mol. The van der Waals surface area contributed by atoms with Crippen LogP contribution in [0.3, 0.4) is 0 Å². The molecule has 24 heavy (non-hydrogen) atoms. The van der Waals surface area contributed by atoms with Crippen LogP contribution in [0.1, 0.15) is 36.9 Å². The van der Waals surface area contributed by atoms with E-state index in [1.165, 1.54) is 4.57 Å². The maximum Gasteiger partial charge on any atom is 0.253 e. The van der Waals surface area contributed by atoms with Gasteiger partial charge in [0, 0.05) is 22.8 Å². The molecule has 1 aliphatic rings. The first-order valence-corrected chi connectivity index (χ1v) is 8.58. The van der Waals surface area contributed by atoms with Gasteiger partial charge in [-0.05, 0) is 50.5 Å². The van der Waals surface area contributed by atoms with Crippen molar-refractivity contribution in [1.29, 1.82) is 0 Å². The second-order valence-corrected chi connectivity index (χ2v) is 6.82. The number of amides is 1. The van der Waals surface area contributed by atoms with Gasteiger partial charge in [0.15, 0.2) is 0 Å². The summed E-state index contributed by atoms with van der Waals surface area (Å²) >= 11 is 5.95. The van der Waals surface area contributed by atoms with Crippen molar-refractivity contribution >= 4 is 17.5 Å². The summed E-state index contributed by atoms with van der Waals surface area (Å²) in [5, 5.41) is 0.682. The van der Waals surface area contributed by atoms with E-state index in [-0.39, 0.29) is 30.1 Å². The van der Waals surface area contributed by atoms with Crippen LogP contribution in [0.25, 0.3) is 0 Å². The lowest BCUT2D eigenvalue weighted by molar-refractivity contribution is -0.134.